The number of nitrogens with zero attached hydrogens (tertiary/aromatic N) is 4. The van der Waals surface area contributed by atoms with E-state index in [2.05, 4.69) is 68.8 Å². The number of hydrogen-bond acceptors (Lipinski definition) is 8. The van der Waals surface area contributed by atoms with Gasteiger partial charge < -0.3 is 30.5 Å². The number of benzene rings is 2. The van der Waals surface area contributed by atoms with Gasteiger partial charge in [0.15, 0.2) is 11.6 Å². The van der Waals surface area contributed by atoms with Crippen LogP contribution >= 0.6 is 0 Å². The Morgan fingerprint density at radius 2 is 1.44 bits per heavy atom. The van der Waals surface area contributed by atoms with Crippen molar-refractivity contribution < 1.29 is 9.47 Å². The Morgan fingerprint density at radius 1 is 0.729 bits per heavy atom. The number of imidazole rings is 2. The molecular weight excluding hydrogens is 608 g/mol. The first-order chi connectivity index (χ1) is 23.5. The molecule has 12 nitrogen and oxygen atoms in total. The van der Waals surface area contributed by atoms with Crippen LogP contribution in [0.4, 0.5) is 17.3 Å². The maximum Gasteiger partial charge on any atom is 0.326 e. The van der Waals surface area contributed by atoms with Crippen molar-refractivity contribution in [2.45, 2.75) is 51.6 Å². The monoisotopic (exact) mass is 644 g/mol. The van der Waals surface area contributed by atoms with Crippen LogP contribution in [0, 0.1) is 0 Å². The molecule has 0 saturated carbocycles. The third-order valence-electron chi connectivity index (χ3n) is 8.92. The van der Waals surface area contributed by atoms with Crippen molar-refractivity contribution in [2.24, 2.45) is 0 Å². The lowest BCUT2D eigenvalue weighted by Gasteiger charge is -2.15. The Bertz CT molecular complexity index is 2310. The van der Waals surface area contributed by atoms with Crippen LogP contribution in [0.3, 0.4) is 0 Å². The van der Waals surface area contributed by atoms with Crippen molar-refractivity contribution in [2.75, 3.05) is 24.3 Å². The molecule has 0 fully saturated rings. The smallest absolute Gasteiger partial charge is 0.326 e. The molecule has 0 saturated heterocycles. The largest absolute Gasteiger partial charge is 0.478 e. The maximum absolute atomic E-state index is 13.4. The minimum Gasteiger partial charge on any atom is -0.478 e. The number of anilines is 3. The molecular formula is C36H36N8O4. The van der Waals surface area contributed by atoms with Crippen molar-refractivity contribution in [3.8, 4) is 11.8 Å². The van der Waals surface area contributed by atoms with E-state index in [-0.39, 0.29) is 23.7 Å². The summed E-state index contributed by atoms with van der Waals surface area (Å²) < 4.78 is 15.4. The summed E-state index contributed by atoms with van der Waals surface area (Å²) in [4.78, 5) is 41.6. The molecule has 6 aromatic rings. The molecule has 0 radical (unpaired) electrons. The van der Waals surface area contributed by atoms with E-state index in [9.17, 15) is 9.59 Å². The van der Waals surface area contributed by atoms with Crippen molar-refractivity contribution in [3.05, 3.63) is 110 Å². The van der Waals surface area contributed by atoms with Crippen LogP contribution in [0.25, 0.3) is 22.1 Å². The molecule has 2 aromatic carbocycles. The Balaban J connectivity index is 1.21. The van der Waals surface area contributed by atoms with E-state index in [0.29, 0.717) is 72.2 Å². The summed E-state index contributed by atoms with van der Waals surface area (Å²) in [6.45, 7) is 1.67. The van der Waals surface area contributed by atoms with E-state index < -0.39 is 0 Å². The number of rotatable bonds is 2. The maximum atomic E-state index is 13.4. The molecule has 5 N–H and O–H groups in total. The zero-order valence-electron chi connectivity index (χ0n) is 26.4. The van der Waals surface area contributed by atoms with E-state index in [1.54, 1.807) is 15.2 Å². The Labute approximate surface area is 275 Å². The summed E-state index contributed by atoms with van der Waals surface area (Å²) >= 11 is 0. The number of ether oxygens (including phenoxy) is 2. The highest BCUT2D eigenvalue weighted by atomic mass is 16.5. The molecule has 8 bridgehead atoms. The number of nitrogen functional groups attached to an aromatic ring is 1. The van der Waals surface area contributed by atoms with E-state index in [0.717, 1.165) is 48.1 Å². The van der Waals surface area contributed by atoms with Crippen molar-refractivity contribution in [1.29, 1.82) is 0 Å². The number of aryl methyl sites for hydroxylation is 1. The fourth-order valence-electron chi connectivity index (χ4n) is 6.62. The fourth-order valence-corrected chi connectivity index (χ4v) is 6.62. The summed E-state index contributed by atoms with van der Waals surface area (Å²) in [5, 5.41) is 3.49. The van der Waals surface area contributed by atoms with Crippen LogP contribution in [-0.2, 0) is 25.9 Å². The van der Waals surface area contributed by atoms with Gasteiger partial charge in [0.05, 0.1) is 37.3 Å². The van der Waals surface area contributed by atoms with Crippen LogP contribution < -0.4 is 31.9 Å². The van der Waals surface area contributed by atoms with Crippen molar-refractivity contribution in [3.63, 3.8) is 0 Å². The first kappa shape index (κ1) is 29.6. The Hall–Kier alpha value is -5.78. The number of nitrogens with two attached hydrogens (primary N) is 1. The SMILES string of the molecule is Nc1nc2cc3c1[nH]c(=O)n3Cc1cc(cc(Nc3nc4cc5c3[nH]c(=O)n5Cc3cccc(c3)CCCCCO4)c1)C/C=C/CCO2. The number of pyridine rings is 2. The lowest BCUT2D eigenvalue weighted by molar-refractivity contribution is 0.295. The molecule has 12 heteroatoms. The van der Waals surface area contributed by atoms with Crippen LogP contribution in [-0.4, -0.2) is 42.3 Å². The van der Waals surface area contributed by atoms with Crippen LogP contribution in [0.15, 0.2) is 76.3 Å². The third kappa shape index (κ3) is 5.92. The molecule has 0 unspecified atom stereocenters. The molecule has 0 atom stereocenters. The van der Waals surface area contributed by atoms with Gasteiger partial charge in [0.25, 0.3) is 0 Å². The highest BCUT2D eigenvalue weighted by Crippen LogP contribution is 2.30. The molecule has 244 valence electrons. The summed E-state index contributed by atoms with van der Waals surface area (Å²) in [5.41, 5.74) is 13.1. The van der Waals surface area contributed by atoms with Gasteiger partial charge in [-0.15, -0.1) is 0 Å². The van der Waals surface area contributed by atoms with Gasteiger partial charge in [0.2, 0.25) is 11.8 Å². The summed E-state index contributed by atoms with van der Waals surface area (Å²) in [7, 11) is 0. The van der Waals surface area contributed by atoms with Gasteiger partial charge >= 0.3 is 11.4 Å². The average molecular weight is 645 g/mol. The quantitative estimate of drug-likeness (QED) is 0.188. The second-order valence-corrected chi connectivity index (χ2v) is 12.4. The first-order valence-corrected chi connectivity index (χ1v) is 16.4. The number of fused-ring (bicyclic) bond motifs is 6. The van der Waals surface area contributed by atoms with Gasteiger partial charge in [0, 0.05) is 17.8 Å². The number of nitrogens with one attached hydrogen (secondary N) is 3. The number of aromatic amines is 2. The molecule has 0 spiro atoms. The highest BCUT2D eigenvalue weighted by Gasteiger charge is 2.18. The van der Waals surface area contributed by atoms with Crippen LogP contribution in [0.5, 0.6) is 11.8 Å². The summed E-state index contributed by atoms with van der Waals surface area (Å²) in [6.07, 6.45) is 9.56. The van der Waals surface area contributed by atoms with Gasteiger partial charge in [-0.25, -0.2) is 9.59 Å². The average Bonchev–Trinajstić information content (AvgIpc) is 3.55. The zero-order chi connectivity index (χ0) is 32.6. The van der Waals surface area contributed by atoms with Gasteiger partial charge in [-0.3, -0.25) is 9.13 Å². The second kappa shape index (κ2) is 12.4. The summed E-state index contributed by atoms with van der Waals surface area (Å²) in [6, 6.07) is 18.2. The highest BCUT2D eigenvalue weighted by molar-refractivity contribution is 5.89. The molecule has 0 amide bonds. The summed E-state index contributed by atoms with van der Waals surface area (Å²) in [5.74, 6) is 1.52. The second-order valence-electron chi connectivity index (χ2n) is 12.4. The number of H-pyrrole nitrogens is 2. The third-order valence-corrected chi connectivity index (χ3v) is 8.92. The molecule has 2 aliphatic heterocycles. The van der Waals surface area contributed by atoms with Gasteiger partial charge in [-0.05, 0) is 72.9 Å². The van der Waals surface area contributed by atoms with Crippen LogP contribution in [0.1, 0.15) is 47.9 Å². The van der Waals surface area contributed by atoms with Gasteiger partial charge in [0.1, 0.15) is 11.0 Å². The minimum atomic E-state index is -0.292. The molecule has 48 heavy (non-hydrogen) atoms. The first-order valence-electron chi connectivity index (χ1n) is 16.4. The van der Waals surface area contributed by atoms with E-state index in [1.807, 2.05) is 12.1 Å². The normalized spacial score (nSPS) is 15.8. The lowest BCUT2D eigenvalue weighted by Crippen LogP contribution is -2.17. The zero-order valence-corrected chi connectivity index (χ0v) is 26.4. The molecule has 8 rings (SSSR count). The number of allylic oxidation sites excluding steroid dienone is 1. The van der Waals surface area contributed by atoms with Crippen molar-refractivity contribution in [1.82, 2.24) is 29.1 Å². The Kier molecular flexibility index (Phi) is 7.67. The minimum absolute atomic E-state index is 0.208. The number of hydrogen-bond donors (Lipinski definition) is 4. The standard InChI is InChI=1S/C36H36N8O4/c37-33-31-27-18-29(39-33)47-12-6-2-4-9-23-15-25(21-44(27)35(45)41-31)17-26(16-23)38-34-32-28-19-30(40-34)48-13-5-1-3-8-22-10-7-11-24(14-22)20-43(28)36(46)42-32/h2,4,7,10-11,14-19H,1,3,5-6,8-9,12-13,20-21H2,(H2,37,39)(H,38,40)(H,41,45)(H,42,46)/b4-2+. The predicted molar refractivity (Wildman–Crippen MR) is 185 cm³/mol. The van der Waals surface area contributed by atoms with Gasteiger partial charge in [-0.2, -0.15) is 9.97 Å². The van der Waals surface area contributed by atoms with E-state index in [4.69, 9.17) is 20.2 Å². The predicted octanol–water partition coefficient (Wildman–Crippen LogP) is 5.17. The Morgan fingerprint density at radius 3 is 2.31 bits per heavy atom. The molecule has 2 aliphatic rings. The van der Waals surface area contributed by atoms with Gasteiger partial charge in [-0.1, -0.05) is 42.5 Å². The van der Waals surface area contributed by atoms with E-state index >= 15 is 0 Å². The molecule has 4 aromatic heterocycles. The van der Waals surface area contributed by atoms with Crippen molar-refractivity contribution >= 4 is 39.4 Å². The topological polar surface area (TPSA) is 158 Å². The fraction of sp³-hybridized carbons (Fsp3) is 0.278. The lowest BCUT2D eigenvalue weighted by atomic mass is 10.0. The molecule has 6 heterocycles. The van der Waals surface area contributed by atoms with E-state index in [1.165, 1.54) is 5.56 Å². The van der Waals surface area contributed by atoms with Crippen LogP contribution in [0.2, 0.25) is 0 Å². The molecule has 0 aliphatic carbocycles. The number of aromatic nitrogens is 6.